The Kier molecular flexibility index (Phi) is 3.39. The summed E-state index contributed by atoms with van der Waals surface area (Å²) in [5.41, 5.74) is -0.691. The van der Waals surface area contributed by atoms with Gasteiger partial charge in [0.2, 0.25) is 0 Å². The van der Waals surface area contributed by atoms with Crippen molar-refractivity contribution < 1.29 is 15.0 Å². The number of nitrogens with zero attached hydrogens (tertiary/aromatic N) is 1. The van der Waals surface area contributed by atoms with E-state index < -0.39 is 17.7 Å². The summed E-state index contributed by atoms with van der Waals surface area (Å²) in [4.78, 5) is 12.5. The first kappa shape index (κ1) is 14.3. The van der Waals surface area contributed by atoms with Gasteiger partial charge in [-0.2, -0.15) is 0 Å². The van der Waals surface area contributed by atoms with Crippen molar-refractivity contribution in [2.45, 2.75) is 32.4 Å². The lowest BCUT2D eigenvalue weighted by molar-refractivity contribution is -0.178. The zero-order valence-corrected chi connectivity index (χ0v) is 12.8. The number of rotatable bonds is 1. The Hall–Kier alpha value is -1.07. The maximum absolute atomic E-state index is 11.2. The fourth-order valence-electron chi connectivity index (χ4n) is 2.93. The van der Waals surface area contributed by atoms with E-state index in [-0.39, 0.29) is 12.0 Å². The molecule has 1 aliphatic rings. The van der Waals surface area contributed by atoms with Gasteiger partial charge in [0.15, 0.2) is 0 Å². The lowest BCUT2D eigenvalue weighted by Gasteiger charge is -2.58. The molecule has 1 aliphatic heterocycles. The van der Waals surface area contributed by atoms with Gasteiger partial charge in [0.25, 0.3) is 0 Å². The monoisotopic (exact) mass is 327 g/mol. The van der Waals surface area contributed by atoms with Crippen LogP contribution < -0.4 is 0 Å². The van der Waals surface area contributed by atoms with Crippen molar-refractivity contribution >= 4 is 22.0 Å². The molecule has 0 aliphatic carbocycles. The van der Waals surface area contributed by atoms with Gasteiger partial charge in [-0.3, -0.25) is 4.90 Å². The first-order chi connectivity index (χ1) is 8.66. The van der Waals surface area contributed by atoms with Crippen LogP contribution in [-0.2, 0) is 5.60 Å². The summed E-state index contributed by atoms with van der Waals surface area (Å²) in [6, 6.07) is 6.94. The quantitative estimate of drug-likeness (QED) is 0.833. The molecule has 2 N–H and O–H groups in total. The van der Waals surface area contributed by atoms with E-state index >= 15 is 0 Å². The number of carboxylic acid groups (broad SMARTS) is 1. The molecule has 2 unspecified atom stereocenters. The highest BCUT2D eigenvalue weighted by Gasteiger charge is 2.59. The molecule has 1 fully saturated rings. The van der Waals surface area contributed by atoms with Crippen LogP contribution in [0.5, 0.6) is 0 Å². The van der Waals surface area contributed by atoms with Crippen molar-refractivity contribution in [2.75, 3.05) is 6.54 Å². The number of benzene rings is 1. The van der Waals surface area contributed by atoms with Gasteiger partial charge in [0.1, 0.15) is 5.60 Å². The van der Waals surface area contributed by atoms with Crippen LogP contribution in [0.1, 0.15) is 26.3 Å². The number of hydrogen-bond acceptors (Lipinski definition) is 2. The van der Waals surface area contributed by atoms with Gasteiger partial charge in [-0.1, -0.05) is 48.8 Å². The molecule has 2 atom stereocenters. The van der Waals surface area contributed by atoms with Crippen molar-refractivity contribution in [3.05, 3.63) is 34.3 Å². The average Bonchev–Trinajstić information content (AvgIpc) is 2.23. The first-order valence-electron chi connectivity index (χ1n) is 6.14. The molecule has 1 heterocycles. The second-order valence-electron chi connectivity index (χ2n) is 6.11. The second-order valence-corrected chi connectivity index (χ2v) is 7.03. The Bertz CT molecular complexity index is 494. The fraction of sp³-hybridized carbons (Fsp3) is 0.500. The van der Waals surface area contributed by atoms with E-state index in [1.165, 1.54) is 4.90 Å². The number of amides is 1. The zero-order valence-electron chi connectivity index (χ0n) is 11.2. The molecule has 1 amide bonds. The predicted molar refractivity (Wildman–Crippen MR) is 76.0 cm³/mol. The predicted octanol–water partition coefficient (Wildman–Crippen LogP) is 3.05. The largest absolute Gasteiger partial charge is 0.465 e. The molecule has 2 rings (SSSR count). The number of likely N-dealkylation sites (tertiary alicyclic amines) is 1. The van der Waals surface area contributed by atoms with Crippen LogP contribution in [0.4, 0.5) is 4.79 Å². The van der Waals surface area contributed by atoms with Crippen molar-refractivity contribution in [3.8, 4) is 0 Å². The first-order valence-corrected chi connectivity index (χ1v) is 6.93. The van der Waals surface area contributed by atoms with E-state index in [0.29, 0.717) is 0 Å². The van der Waals surface area contributed by atoms with E-state index in [1.54, 1.807) is 0 Å². The molecule has 104 valence electrons. The molecule has 0 saturated carbocycles. The van der Waals surface area contributed by atoms with Gasteiger partial charge in [-0.05, 0) is 23.1 Å². The Morgan fingerprint density at radius 3 is 2.32 bits per heavy atom. The topological polar surface area (TPSA) is 60.8 Å². The molecule has 0 spiro atoms. The van der Waals surface area contributed by atoms with Crippen LogP contribution in [0.3, 0.4) is 0 Å². The summed E-state index contributed by atoms with van der Waals surface area (Å²) in [5, 5.41) is 20.1. The van der Waals surface area contributed by atoms with Gasteiger partial charge in [0.05, 0.1) is 12.6 Å². The highest BCUT2D eigenvalue weighted by molar-refractivity contribution is 9.10. The summed E-state index contributed by atoms with van der Waals surface area (Å²) in [7, 11) is 0. The lowest BCUT2D eigenvalue weighted by atomic mass is 9.66. The highest BCUT2D eigenvalue weighted by Crippen LogP contribution is 2.47. The van der Waals surface area contributed by atoms with Crippen molar-refractivity contribution in [1.82, 2.24) is 4.90 Å². The number of aliphatic hydroxyl groups is 1. The smallest absolute Gasteiger partial charge is 0.407 e. The van der Waals surface area contributed by atoms with Gasteiger partial charge in [-0.15, -0.1) is 0 Å². The van der Waals surface area contributed by atoms with Crippen molar-refractivity contribution in [2.24, 2.45) is 5.41 Å². The van der Waals surface area contributed by atoms with E-state index in [2.05, 4.69) is 15.9 Å². The average molecular weight is 328 g/mol. The molecular formula is C14H18BrNO3. The maximum atomic E-state index is 11.2. The second kappa shape index (κ2) is 4.49. The molecule has 1 aromatic carbocycles. The minimum atomic E-state index is -1.11. The maximum Gasteiger partial charge on any atom is 0.407 e. The third kappa shape index (κ3) is 2.37. The van der Waals surface area contributed by atoms with Crippen LogP contribution >= 0.6 is 15.9 Å². The summed E-state index contributed by atoms with van der Waals surface area (Å²) in [6.45, 7) is 5.94. The van der Waals surface area contributed by atoms with Crippen LogP contribution in [0.15, 0.2) is 28.7 Å². The molecule has 4 nitrogen and oxygen atoms in total. The van der Waals surface area contributed by atoms with Crippen molar-refractivity contribution in [3.63, 3.8) is 0 Å². The van der Waals surface area contributed by atoms with E-state index in [9.17, 15) is 15.0 Å². The third-order valence-electron chi connectivity index (χ3n) is 3.59. The minimum Gasteiger partial charge on any atom is -0.465 e. The number of halogens is 1. The molecule has 1 aromatic rings. The Balaban J connectivity index is 2.38. The van der Waals surface area contributed by atoms with E-state index in [1.807, 2.05) is 45.0 Å². The van der Waals surface area contributed by atoms with Crippen LogP contribution in [0.2, 0.25) is 0 Å². The molecule has 0 aromatic heterocycles. The standard InChI is InChI=1S/C14H18BrNO3/c1-13(2,3)11-14(19,8-16(11)12(17)18)9-4-6-10(15)7-5-9/h4-7,11,19H,8H2,1-3H3,(H,17,18). The lowest BCUT2D eigenvalue weighted by Crippen LogP contribution is -2.72. The molecule has 19 heavy (non-hydrogen) atoms. The normalized spacial score (nSPS) is 27.0. The molecule has 1 saturated heterocycles. The van der Waals surface area contributed by atoms with Gasteiger partial charge < -0.3 is 10.2 Å². The van der Waals surface area contributed by atoms with Gasteiger partial charge in [0, 0.05) is 4.47 Å². The summed E-state index contributed by atoms with van der Waals surface area (Å²) < 4.78 is 0.932. The summed E-state index contributed by atoms with van der Waals surface area (Å²) in [6.07, 6.45) is -0.985. The van der Waals surface area contributed by atoms with Gasteiger partial charge in [-0.25, -0.2) is 4.79 Å². The van der Waals surface area contributed by atoms with Crippen LogP contribution in [-0.4, -0.2) is 33.8 Å². The zero-order chi connectivity index (χ0) is 14.4. The Morgan fingerprint density at radius 2 is 1.89 bits per heavy atom. The number of carbonyl (C=O) groups is 1. The van der Waals surface area contributed by atoms with E-state index in [0.717, 1.165) is 10.0 Å². The Labute approximate surface area is 121 Å². The molecule has 5 heteroatoms. The number of β-amino-alcohol motifs (C(OH)–C–C–N with tert-alkyl or cyclic N) is 1. The van der Waals surface area contributed by atoms with Crippen LogP contribution in [0.25, 0.3) is 0 Å². The van der Waals surface area contributed by atoms with Crippen LogP contribution in [0, 0.1) is 5.41 Å². The van der Waals surface area contributed by atoms with Crippen molar-refractivity contribution in [1.29, 1.82) is 0 Å². The van der Waals surface area contributed by atoms with E-state index in [4.69, 9.17) is 0 Å². The fourth-order valence-corrected chi connectivity index (χ4v) is 3.20. The number of hydrogen-bond donors (Lipinski definition) is 2. The SMILES string of the molecule is CC(C)(C)C1N(C(=O)O)CC1(O)c1ccc(Br)cc1. The molecule has 0 bridgehead atoms. The minimum absolute atomic E-state index is 0.117. The highest BCUT2D eigenvalue weighted by atomic mass is 79.9. The molecule has 0 radical (unpaired) electrons. The Morgan fingerprint density at radius 1 is 1.37 bits per heavy atom. The summed E-state index contributed by atoms with van der Waals surface area (Å²) in [5.74, 6) is 0. The van der Waals surface area contributed by atoms with Gasteiger partial charge >= 0.3 is 6.09 Å². The summed E-state index contributed by atoms with van der Waals surface area (Å²) >= 11 is 3.36. The molecular weight excluding hydrogens is 310 g/mol. The third-order valence-corrected chi connectivity index (χ3v) is 4.11.